The van der Waals surface area contributed by atoms with Crippen LogP contribution in [0.2, 0.25) is 5.02 Å². The fourth-order valence-electron chi connectivity index (χ4n) is 2.24. The molecule has 1 heterocycles. The summed E-state index contributed by atoms with van der Waals surface area (Å²) in [6.07, 6.45) is 1.11. The molecule has 4 nitrogen and oxygen atoms in total. The molecular formula is C14H22ClN3O. The van der Waals surface area contributed by atoms with Gasteiger partial charge in [-0.25, -0.2) is 0 Å². The van der Waals surface area contributed by atoms with Crippen molar-refractivity contribution < 1.29 is 4.74 Å². The zero-order valence-electron chi connectivity index (χ0n) is 11.4. The van der Waals surface area contributed by atoms with Gasteiger partial charge in [-0.1, -0.05) is 11.6 Å². The van der Waals surface area contributed by atoms with Crippen LogP contribution in [0.5, 0.6) is 0 Å². The highest BCUT2D eigenvalue weighted by atomic mass is 35.5. The monoisotopic (exact) mass is 283 g/mol. The lowest BCUT2D eigenvalue weighted by atomic mass is 10.1. The Kier molecular flexibility index (Phi) is 5.31. The summed E-state index contributed by atoms with van der Waals surface area (Å²) >= 11 is 6.03. The Labute approximate surface area is 119 Å². The Balaban J connectivity index is 1.74. The molecule has 0 saturated carbocycles. The van der Waals surface area contributed by atoms with Crippen LogP contribution in [0.15, 0.2) is 12.1 Å². The van der Waals surface area contributed by atoms with Crippen molar-refractivity contribution in [2.75, 3.05) is 50.4 Å². The Hall–Kier alpha value is -0.970. The fourth-order valence-corrected chi connectivity index (χ4v) is 2.41. The van der Waals surface area contributed by atoms with Gasteiger partial charge in [-0.2, -0.15) is 0 Å². The second kappa shape index (κ2) is 6.98. The largest absolute Gasteiger partial charge is 0.398 e. The van der Waals surface area contributed by atoms with E-state index in [1.807, 2.05) is 19.1 Å². The number of hydrogen-bond donors (Lipinski definition) is 2. The van der Waals surface area contributed by atoms with Gasteiger partial charge < -0.3 is 15.8 Å². The maximum atomic E-state index is 6.03. The number of benzene rings is 1. The van der Waals surface area contributed by atoms with Crippen LogP contribution < -0.4 is 11.1 Å². The predicted octanol–water partition coefficient (Wildman–Crippen LogP) is 2.36. The van der Waals surface area contributed by atoms with E-state index in [1.165, 1.54) is 0 Å². The molecule has 0 spiro atoms. The molecule has 1 aliphatic rings. The van der Waals surface area contributed by atoms with Crippen LogP contribution in [0.4, 0.5) is 11.4 Å². The lowest BCUT2D eigenvalue weighted by Crippen LogP contribution is -2.37. The van der Waals surface area contributed by atoms with Gasteiger partial charge in [0, 0.05) is 25.3 Å². The van der Waals surface area contributed by atoms with Gasteiger partial charge in [0.05, 0.1) is 23.9 Å². The van der Waals surface area contributed by atoms with E-state index in [1.54, 1.807) is 0 Å². The molecule has 2 rings (SSSR count). The molecule has 0 unspecified atom stereocenters. The van der Waals surface area contributed by atoms with Crippen molar-refractivity contribution in [3.8, 4) is 0 Å². The van der Waals surface area contributed by atoms with Crippen LogP contribution in [-0.4, -0.2) is 44.3 Å². The summed E-state index contributed by atoms with van der Waals surface area (Å²) in [7, 11) is 0. The van der Waals surface area contributed by atoms with E-state index in [0.29, 0.717) is 10.7 Å². The van der Waals surface area contributed by atoms with Crippen molar-refractivity contribution in [3.05, 3.63) is 22.7 Å². The predicted molar refractivity (Wildman–Crippen MR) is 81.0 cm³/mol. The van der Waals surface area contributed by atoms with Gasteiger partial charge >= 0.3 is 0 Å². The summed E-state index contributed by atoms with van der Waals surface area (Å²) in [5.74, 6) is 0. The lowest BCUT2D eigenvalue weighted by molar-refractivity contribution is 0.0378. The standard InChI is InChI=1S/C14H22ClN3O/c1-11-9-13(16)12(15)10-14(11)17-3-2-4-18-5-7-19-8-6-18/h9-10,17H,2-8,16H2,1H3. The van der Waals surface area contributed by atoms with Gasteiger partial charge in [-0.15, -0.1) is 0 Å². The van der Waals surface area contributed by atoms with Crippen molar-refractivity contribution >= 4 is 23.0 Å². The number of nitrogens with zero attached hydrogens (tertiary/aromatic N) is 1. The summed E-state index contributed by atoms with van der Waals surface area (Å²) < 4.78 is 5.33. The molecule has 0 amide bonds. The molecular weight excluding hydrogens is 262 g/mol. The van der Waals surface area contributed by atoms with Crippen LogP contribution in [0.3, 0.4) is 0 Å². The van der Waals surface area contributed by atoms with E-state index in [0.717, 1.165) is 57.1 Å². The number of aryl methyl sites for hydroxylation is 1. The van der Waals surface area contributed by atoms with E-state index >= 15 is 0 Å². The highest BCUT2D eigenvalue weighted by Crippen LogP contribution is 2.26. The van der Waals surface area contributed by atoms with Crippen molar-refractivity contribution in [3.63, 3.8) is 0 Å². The second-order valence-electron chi connectivity index (χ2n) is 4.92. The smallest absolute Gasteiger partial charge is 0.0656 e. The van der Waals surface area contributed by atoms with Gasteiger partial charge in [0.1, 0.15) is 0 Å². The van der Waals surface area contributed by atoms with Crippen molar-refractivity contribution in [1.29, 1.82) is 0 Å². The van der Waals surface area contributed by atoms with Crippen LogP contribution in [-0.2, 0) is 4.74 Å². The minimum absolute atomic E-state index is 0.612. The molecule has 1 aromatic carbocycles. The average molecular weight is 284 g/mol. The third-order valence-corrected chi connectivity index (χ3v) is 3.74. The van der Waals surface area contributed by atoms with Crippen LogP contribution >= 0.6 is 11.6 Å². The number of nitrogen functional groups attached to an aromatic ring is 1. The first-order valence-electron chi connectivity index (χ1n) is 6.76. The Morgan fingerprint density at radius 3 is 2.84 bits per heavy atom. The minimum atomic E-state index is 0.612. The highest BCUT2D eigenvalue weighted by molar-refractivity contribution is 6.33. The topological polar surface area (TPSA) is 50.5 Å². The highest BCUT2D eigenvalue weighted by Gasteiger charge is 2.09. The normalized spacial score (nSPS) is 16.5. The quantitative estimate of drug-likeness (QED) is 0.643. The number of nitrogens with one attached hydrogen (secondary N) is 1. The summed E-state index contributed by atoms with van der Waals surface area (Å²) in [6.45, 7) is 7.91. The van der Waals surface area contributed by atoms with E-state index in [-0.39, 0.29) is 0 Å². The molecule has 3 N–H and O–H groups in total. The first-order chi connectivity index (χ1) is 9.16. The second-order valence-corrected chi connectivity index (χ2v) is 5.33. The summed E-state index contributed by atoms with van der Waals surface area (Å²) in [5.41, 5.74) is 8.60. The van der Waals surface area contributed by atoms with Gasteiger partial charge in [0.25, 0.3) is 0 Å². The molecule has 0 aromatic heterocycles. The van der Waals surface area contributed by atoms with Crippen molar-refractivity contribution in [2.24, 2.45) is 0 Å². The molecule has 0 aliphatic carbocycles. The number of morpholine rings is 1. The third kappa shape index (κ3) is 4.27. The van der Waals surface area contributed by atoms with Gasteiger partial charge in [-0.05, 0) is 37.6 Å². The molecule has 1 fully saturated rings. The van der Waals surface area contributed by atoms with Crippen LogP contribution in [0.25, 0.3) is 0 Å². The average Bonchev–Trinajstić information content (AvgIpc) is 2.41. The Morgan fingerprint density at radius 1 is 1.37 bits per heavy atom. The van der Waals surface area contributed by atoms with Crippen LogP contribution in [0, 0.1) is 6.92 Å². The van der Waals surface area contributed by atoms with Crippen molar-refractivity contribution in [1.82, 2.24) is 4.90 Å². The van der Waals surface area contributed by atoms with E-state index in [4.69, 9.17) is 22.1 Å². The summed E-state index contributed by atoms with van der Waals surface area (Å²) in [5, 5.41) is 4.03. The summed E-state index contributed by atoms with van der Waals surface area (Å²) in [4.78, 5) is 2.44. The third-order valence-electron chi connectivity index (χ3n) is 3.41. The zero-order valence-corrected chi connectivity index (χ0v) is 12.2. The van der Waals surface area contributed by atoms with Gasteiger partial charge in [0.2, 0.25) is 0 Å². The minimum Gasteiger partial charge on any atom is -0.398 e. The number of ether oxygens (including phenoxy) is 1. The molecule has 1 aromatic rings. The Bertz CT molecular complexity index is 419. The van der Waals surface area contributed by atoms with Gasteiger partial charge in [0.15, 0.2) is 0 Å². The van der Waals surface area contributed by atoms with Gasteiger partial charge in [-0.3, -0.25) is 4.90 Å². The molecule has 0 radical (unpaired) electrons. The zero-order chi connectivity index (χ0) is 13.7. The number of nitrogens with two attached hydrogens (primary N) is 1. The van der Waals surface area contributed by atoms with Crippen molar-refractivity contribution in [2.45, 2.75) is 13.3 Å². The lowest BCUT2D eigenvalue weighted by Gasteiger charge is -2.26. The van der Waals surface area contributed by atoms with E-state index in [9.17, 15) is 0 Å². The molecule has 5 heteroatoms. The number of halogens is 1. The fraction of sp³-hybridized carbons (Fsp3) is 0.571. The number of anilines is 2. The summed E-state index contributed by atoms with van der Waals surface area (Å²) in [6, 6.07) is 3.81. The maximum absolute atomic E-state index is 6.03. The molecule has 106 valence electrons. The first kappa shape index (κ1) is 14.4. The van der Waals surface area contributed by atoms with Crippen LogP contribution in [0.1, 0.15) is 12.0 Å². The number of rotatable bonds is 5. The Morgan fingerprint density at radius 2 is 2.11 bits per heavy atom. The SMILES string of the molecule is Cc1cc(N)c(Cl)cc1NCCCN1CCOCC1. The molecule has 0 bridgehead atoms. The molecule has 19 heavy (non-hydrogen) atoms. The molecule has 0 atom stereocenters. The van der Waals surface area contributed by atoms with E-state index in [2.05, 4.69) is 10.2 Å². The van der Waals surface area contributed by atoms with E-state index < -0.39 is 0 Å². The molecule has 1 saturated heterocycles. The molecule has 1 aliphatic heterocycles. The maximum Gasteiger partial charge on any atom is 0.0656 e. The number of hydrogen-bond acceptors (Lipinski definition) is 4. The first-order valence-corrected chi connectivity index (χ1v) is 7.14.